The molecule has 86 valence electrons. The highest BCUT2D eigenvalue weighted by molar-refractivity contribution is 5.71. The fourth-order valence-electron chi connectivity index (χ4n) is 1.76. The van der Waals surface area contributed by atoms with Gasteiger partial charge in [-0.15, -0.1) is 0 Å². The van der Waals surface area contributed by atoms with Crippen molar-refractivity contribution in [1.29, 1.82) is 0 Å². The average Bonchev–Trinajstić information content (AvgIpc) is 2.63. The van der Waals surface area contributed by atoms with E-state index in [1.807, 2.05) is 0 Å². The van der Waals surface area contributed by atoms with E-state index in [9.17, 15) is 13.6 Å². The number of amides is 2. The Hall–Kier alpha value is -1.69. The van der Waals surface area contributed by atoms with Crippen LogP contribution in [0.3, 0.4) is 0 Å². The highest BCUT2D eigenvalue weighted by Crippen LogP contribution is 2.30. The number of carbonyl (C=O) groups is 1. The molecule has 2 amide bonds. The summed E-state index contributed by atoms with van der Waals surface area (Å²) < 4.78 is 26.0. The third-order valence-corrected chi connectivity index (χ3v) is 2.39. The molecule has 0 spiro atoms. The summed E-state index contributed by atoms with van der Waals surface area (Å²) in [5.41, 5.74) is 5.42. The van der Waals surface area contributed by atoms with Crippen molar-refractivity contribution in [3.8, 4) is 0 Å². The van der Waals surface area contributed by atoms with Gasteiger partial charge in [0.2, 0.25) is 0 Å². The van der Waals surface area contributed by atoms with Crippen LogP contribution >= 0.6 is 0 Å². The first-order valence-corrected chi connectivity index (χ1v) is 4.75. The molecular formula is C10H10F2N2O2. The molecule has 16 heavy (non-hydrogen) atoms. The Kier molecular flexibility index (Phi) is 2.74. The van der Waals surface area contributed by atoms with Crippen LogP contribution in [0.15, 0.2) is 18.2 Å². The molecule has 0 bridgehead atoms. The molecule has 1 unspecified atom stereocenters. The van der Waals surface area contributed by atoms with E-state index in [1.54, 1.807) is 0 Å². The van der Waals surface area contributed by atoms with Crippen LogP contribution in [-0.2, 0) is 4.84 Å². The number of hydroxylamine groups is 2. The van der Waals surface area contributed by atoms with Crippen LogP contribution < -0.4 is 5.73 Å². The van der Waals surface area contributed by atoms with Gasteiger partial charge in [0, 0.05) is 12.5 Å². The summed E-state index contributed by atoms with van der Waals surface area (Å²) in [6.07, 6.45) is 0.464. The van der Waals surface area contributed by atoms with Crippen LogP contribution in [0, 0.1) is 11.6 Å². The van der Waals surface area contributed by atoms with Crippen LogP contribution in [0.2, 0.25) is 0 Å². The smallest absolute Gasteiger partial charge is 0.339 e. The first kappa shape index (κ1) is 10.8. The van der Waals surface area contributed by atoms with E-state index in [4.69, 9.17) is 10.6 Å². The monoisotopic (exact) mass is 228 g/mol. The summed E-state index contributed by atoms with van der Waals surface area (Å²) in [5, 5.41) is 0.939. The topological polar surface area (TPSA) is 55.6 Å². The second kappa shape index (κ2) is 4.05. The van der Waals surface area contributed by atoms with Gasteiger partial charge in [-0.3, -0.25) is 4.84 Å². The van der Waals surface area contributed by atoms with Gasteiger partial charge in [0.25, 0.3) is 0 Å². The first-order valence-electron chi connectivity index (χ1n) is 4.75. The standard InChI is InChI=1S/C10H10F2N2O2/c11-7-3-6(4-8(12)5-7)9-1-2-16-14(9)10(13)15/h3-5,9H,1-2H2,(H2,13,15). The third-order valence-electron chi connectivity index (χ3n) is 2.39. The molecule has 1 aromatic rings. The number of benzene rings is 1. The van der Waals surface area contributed by atoms with E-state index < -0.39 is 23.7 Å². The van der Waals surface area contributed by atoms with Crippen LogP contribution in [0.5, 0.6) is 0 Å². The van der Waals surface area contributed by atoms with Crippen molar-refractivity contribution in [1.82, 2.24) is 5.06 Å². The number of carbonyl (C=O) groups excluding carboxylic acids is 1. The van der Waals surface area contributed by atoms with Gasteiger partial charge < -0.3 is 5.73 Å². The summed E-state index contributed by atoms with van der Waals surface area (Å²) in [7, 11) is 0. The Morgan fingerprint density at radius 3 is 2.56 bits per heavy atom. The number of primary amides is 1. The van der Waals surface area contributed by atoms with Gasteiger partial charge in [-0.2, -0.15) is 5.06 Å². The first-order chi connectivity index (χ1) is 7.58. The second-order valence-corrected chi connectivity index (χ2v) is 3.50. The Morgan fingerprint density at radius 2 is 2.00 bits per heavy atom. The maximum Gasteiger partial charge on any atom is 0.339 e. The number of hydrogen-bond acceptors (Lipinski definition) is 2. The van der Waals surface area contributed by atoms with E-state index >= 15 is 0 Å². The number of nitrogens with zero attached hydrogens (tertiary/aromatic N) is 1. The molecule has 1 atom stereocenters. The van der Waals surface area contributed by atoms with Gasteiger partial charge >= 0.3 is 6.03 Å². The molecule has 2 N–H and O–H groups in total. The largest absolute Gasteiger partial charge is 0.350 e. The Bertz CT molecular complexity index is 405. The lowest BCUT2D eigenvalue weighted by Gasteiger charge is -2.20. The molecule has 6 heteroatoms. The lowest BCUT2D eigenvalue weighted by Crippen LogP contribution is -2.34. The molecular weight excluding hydrogens is 218 g/mol. The SMILES string of the molecule is NC(=O)N1OCCC1c1cc(F)cc(F)c1. The van der Waals surface area contributed by atoms with E-state index in [0.29, 0.717) is 18.6 Å². The molecule has 1 saturated heterocycles. The maximum absolute atomic E-state index is 13.0. The number of hydrogen-bond donors (Lipinski definition) is 1. The molecule has 2 rings (SSSR count). The second-order valence-electron chi connectivity index (χ2n) is 3.50. The molecule has 1 aromatic carbocycles. The van der Waals surface area contributed by atoms with Gasteiger partial charge in [0.1, 0.15) is 11.6 Å². The number of rotatable bonds is 1. The zero-order chi connectivity index (χ0) is 11.7. The molecule has 1 aliphatic rings. The number of nitrogens with two attached hydrogens (primary N) is 1. The quantitative estimate of drug-likeness (QED) is 0.795. The molecule has 1 aliphatic heterocycles. The molecule has 0 radical (unpaired) electrons. The van der Waals surface area contributed by atoms with Gasteiger partial charge in [-0.05, 0) is 17.7 Å². The summed E-state index contributed by atoms with van der Waals surface area (Å²) >= 11 is 0. The van der Waals surface area contributed by atoms with Gasteiger partial charge in [-0.25, -0.2) is 13.6 Å². The normalized spacial score (nSPS) is 20.1. The zero-order valence-electron chi connectivity index (χ0n) is 8.32. The predicted octanol–water partition coefficient (Wildman–Crippen LogP) is 1.72. The summed E-state index contributed by atoms with van der Waals surface area (Å²) in [6.45, 7) is 0.297. The molecule has 0 aromatic heterocycles. The average molecular weight is 228 g/mol. The summed E-state index contributed by atoms with van der Waals surface area (Å²) in [5.74, 6) is -1.38. The molecule has 1 heterocycles. The number of urea groups is 1. The predicted molar refractivity (Wildman–Crippen MR) is 51.1 cm³/mol. The molecule has 1 fully saturated rings. The van der Waals surface area contributed by atoms with Crippen molar-refractivity contribution >= 4 is 6.03 Å². The highest BCUT2D eigenvalue weighted by atomic mass is 19.1. The molecule has 0 aliphatic carbocycles. The van der Waals surface area contributed by atoms with E-state index in [1.165, 1.54) is 12.1 Å². The minimum atomic E-state index is -0.771. The van der Waals surface area contributed by atoms with E-state index in [-0.39, 0.29) is 0 Å². The van der Waals surface area contributed by atoms with Crippen LogP contribution in [0.4, 0.5) is 13.6 Å². The third kappa shape index (κ3) is 1.96. The van der Waals surface area contributed by atoms with Crippen molar-refractivity contribution < 1.29 is 18.4 Å². The summed E-state index contributed by atoms with van der Waals surface area (Å²) in [6, 6.07) is 1.81. The fourth-order valence-corrected chi connectivity index (χ4v) is 1.76. The van der Waals surface area contributed by atoms with Crippen molar-refractivity contribution in [3.05, 3.63) is 35.4 Å². The number of halogens is 2. The fraction of sp³-hybridized carbons (Fsp3) is 0.300. The van der Waals surface area contributed by atoms with Gasteiger partial charge in [-0.1, -0.05) is 0 Å². The van der Waals surface area contributed by atoms with Crippen molar-refractivity contribution in [2.75, 3.05) is 6.61 Å². The lowest BCUT2D eigenvalue weighted by molar-refractivity contribution is -0.0847. The lowest BCUT2D eigenvalue weighted by atomic mass is 10.0. The summed E-state index contributed by atoms with van der Waals surface area (Å²) in [4.78, 5) is 16.0. The molecule has 0 saturated carbocycles. The Morgan fingerprint density at radius 1 is 1.38 bits per heavy atom. The maximum atomic E-state index is 13.0. The minimum Gasteiger partial charge on any atom is -0.350 e. The van der Waals surface area contributed by atoms with E-state index in [0.717, 1.165) is 11.1 Å². The molecule has 4 nitrogen and oxygen atoms in total. The van der Waals surface area contributed by atoms with Gasteiger partial charge in [0.05, 0.1) is 12.6 Å². The van der Waals surface area contributed by atoms with Crippen molar-refractivity contribution in [2.45, 2.75) is 12.5 Å². The van der Waals surface area contributed by atoms with Crippen LogP contribution in [0.25, 0.3) is 0 Å². The van der Waals surface area contributed by atoms with E-state index in [2.05, 4.69) is 0 Å². The van der Waals surface area contributed by atoms with Gasteiger partial charge in [0.15, 0.2) is 0 Å². The van der Waals surface area contributed by atoms with Crippen molar-refractivity contribution in [3.63, 3.8) is 0 Å². The van der Waals surface area contributed by atoms with Crippen LogP contribution in [0.1, 0.15) is 18.0 Å². The van der Waals surface area contributed by atoms with Crippen LogP contribution in [-0.4, -0.2) is 17.7 Å². The Balaban J connectivity index is 2.32. The Labute approximate surface area is 90.5 Å². The van der Waals surface area contributed by atoms with Crippen molar-refractivity contribution in [2.24, 2.45) is 5.73 Å². The zero-order valence-corrected chi connectivity index (χ0v) is 8.32. The highest BCUT2D eigenvalue weighted by Gasteiger charge is 2.30. The minimum absolute atomic E-state index is 0.297.